The Morgan fingerprint density at radius 1 is 1.25 bits per heavy atom. The van der Waals surface area contributed by atoms with E-state index in [-0.39, 0.29) is 5.69 Å². The van der Waals surface area contributed by atoms with E-state index in [1.165, 1.54) is 6.07 Å². The Morgan fingerprint density at radius 2 is 1.85 bits per heavy atom. The van der Waals surface area contributed by atoms with Crippen LogP contribution in [0.1, 0.15) is 0 Å². The van der Waals surface area contributed by atoms with Crippen LogP contribution in [0.25, 0.3) is 0 Å². The van der Waals surface area contributed by atoms with E-state index in [4.69, 9.17) is 4.74 Å². The Labute approximate surface area is 114 Å². The number of carbonyl (C=O) groups excluding carboxylic acids is 1. The molecule has 0 radical (unpaired) electrons. The Balaban J connectivity index is 2.29. The van der Waals surface area contributed by atoms with Crippen LogP contribution in [0.2, 0.25) is 0 Å². The fraction of sp³-hybridized carbons (Fsp3) is 0.462. The van der Waals surface area contributed by atoms with Gasteiger partial charge in [0.2, 0.25) is 0 Å². The van der Waals surface area contributed by atoms with Crippen molar-refractivity contribution < 1.29 is 22.7 Å². The molecule has 0 aromatic heterocycles. The minimum atomic E-state index is -4.88. The molecule has 1 saturated heterocycles. The molecule has 1 aromatic rings. The van der Waals surface area contributed by atoms with Crippen LogP contribution in [0, 0.1) is 0 Å². The van der Waals surface area contributed by atoms with Gasteiger partial charge >= 0.3 is 12.1 Å². The molecule has 1 heterocycles. The Morgan fingerprint density at radius 3 is 2.45 bits per heavy atom. The number of carbonyl (C=O) groups is 1. The van der Waals surface area contributed by atoms with Crippen molar-refractivity contribution in [3.05, 3.63) is 24.3 Å². The number of ether oxygens (including phenoxy) is 1. The smallest absolute Gasteiger partial charge is 0.378 e. The monoisotopic (exact) mass is 288 g/mol. The highest BCUT2D eigenvalue weighted by Gasteiger charge is 2.42. The number of para-hydroxylation sites is 2. The summed E-state index contributed by atoms with van der Waals surface area (Å²) < 4.78 is 42.8. The van der Waals surface area contributed by atoms with Crippen LogP contribution >= 0.6 is 0 Å². The molecule has 0 aliphatic carbocycles. The molecule has 0 N–H and O–H groups in total. The van der Waals surface area contributed by atoms with Gasteiger partial charge in [-0.1, -0.05) is 12.1 Å². The first-order valence-electron chi connectivity index (χ1n) is 6.18. The highest BCUT2D eigenvalue weighted by atomic mass is 19.4. The second kappa shape index (κ2) is 5.70. The number of nitrogens with zero attached hydrogens (tertiary/aromatic N) is 2. The largest absolute Gasteiger partial charge is 0.471 e. The van der Waals surface area contributed by atoms with Gasteiger partial charge in [-0.15, -0.1) is 0 Å². The van der Waals surface area contributed by atoms with Crippen molar-refractivity contribution in [1.29, 1.82) is 0 Å². The van der Waals surface area contributed by atoms with Gasteiger partial charge in [0, 0.05) is 20.1 Å². The fourth-order valence-corrected chi connectivity index (χ4v) is 2.12. The molecular formula is C13H15F3N2O2. The normalized spacial score (nSPS) is 16.1. The SMILES string of the molecule is CN(C(=O)C(F)(F)F)c1ccccc1N1CCOCC1. The van der Waals surface area contributed by atoms with Crippen molar-refractivity contribution in [3.8, 4) is 0 Å². The highest BCUT2D eigenvalue weighted by molar-refractivity contribution is 5.99. The van der Waals surface area contributed by atoms with Gasteiger partial charge in [-0.25, -0.2) is 0 Å². The van der Waals surface area contributed by atoms with E-state index in [2.05, 4.69) is 0 Å². The summed E-state index contributed by atoms with van der Waals surface area (Å²) in [6.07, 6.45) is -4.88. The lowest BCUT2D eigenvalue weighted by Crippen LogP contribution is -2.41. The van der Waals surface area contributed by atoms with Gasteiger partial charge in [0.1, 0.15) is 0 Å². The maximum absolute atomic E-state index is 12.5. The van der Waals surface area contributed by atoms with Gasteiger partial charge in [-0.05, 0) is 12.1 Å². The number of hydrogen-bond acceptors (Lipinski definition) is 3. The molecule has 2 rings (SSSR count). The summed E-state index contributed by atoms with van der Waals surface area (Å²) in [4.78, 5) is 13.9. The van der Waals surface area contributed by atoms with Gasteiger partial charge in [0.25, 0.3) is 0 Å². The number of amides is 1. The quantitative estimate of drug-likeness (QED) is 0.835. The van der Waals surface area contributed by atoms with Crippen molar-refractivity contribution >= 4 is 17.3 Å². The van der Waals surface area contributed by atoms with Crippen LogP contribution in [0.4, 0.5) is 24.5 Å². The van der Waals surface area contributed by atoms with E-state index in [1.807, 2.05) is 4.90 Å². The van der Waals surface area contributed by atoms with E-state index in [0.29, 0.717) is 36.9 Å². The van der Waals surface area contributed by atoms with Crippen molar-refractivity contribution in [1.82, 2.24) is 0 Å². The Hall–Kier alpha value is -1.76. The minimum Gasteiger partial charge on any atom is -0.378 e. The summed E-state index contributed by atoms with van der Waals surface area (Å²) in [5.74, 6) is -1.88. The topological polar surface area (TPSA) is 32.8 Å². The van der Waals surface area contributed by atoms with Crippen molar-refractivity contribution in [2.75, 3.05) is 43.2 Å². The second-order valence-electron chi connectivity index (χ2n) is 4.45. The zero-order valence-corrected chi connectivity index (χ0v) is 11.0. The molecule has 0 bridgehead atoms. The molecule has 1 fully saturated rings. The molecule has 7 heteroatoms. The van der Waals surface area contributed by atoms with Crippen LogP contribution in [0.5, 0.6) is 0 Å². The molecule has 1 amide bonds. The third kappa shape index (κ3) is 3.04. The average molecular weight is 288 g/mol. The third-order valence-electron chi connectivity index (χ3n) is 3.14. The van der Waals surface area contributed by atoms with Crippen LogP contribution in [0.3, 0.4) is 0 Å². The first-order valence-corrected chi connectivity index (χ1v) is 6.18. The lowest BCUT2D eigenvalue weighted by atomic mass is 10.2. The molecule has 0 atom stereocenters. The number of morpholine rings is 1. The van der Waals surface area contributed by atoms with Crippen molar-refractivity contribution in [2.24, 2.45) is 0 Å². The van der Waals surface area contributed by atoms with Crippen LogP contribution in [-0.4, -0.2) is 45.4 Å². The van der Waals surface area contributed by atoms with Crippen molar-refractivity contribution in [2.45, 2.75) is 6.18 Å². The predicted octanol–water partition coefficient (Wildman–Crippen LogP) is 2.05. The molecule has 0 spiro atoms. The molecule has 4 nitrogen and oxygen atoms in total. The van der Waals surface area contributed by atoms with E-state index < -0.39 is 12.1 Å². The predicted molar refractivity (Wildman–Crippen MR) is 68.9 cm³/mol. The number of anilines is 2. The average Bonchev–Trinajstić information content (AvgIpc) is 2.45. The summed E-state index contributed by atoms with van der Waals surface area (Å²) in [7, 11) is 1.13. The molecule has 0 unspecified atom stereocenters. The van der Waals surface area contributed by atoms with Gasteiger partial charge in [-0.3, -0.25) is 4.79 Å². The maximum atomic E-state index is 12.5. The van der Waals surface area contributed by atoms with Crippen LogP contribution in [-0.2, 0) is 9.53 Å². The number of hydrogen-bond donors (Lipinski definition) is 0. The summed E-state index contributed by atoms with van der Waals surface area (Å²) in [5.41, 5.74) is 0.854. The lowest BCUT2D eigenvalue weighted by Gasteiger charge is -2.32. The molecule has 20 heavy (non-hydrogen) atoms. The molecule has 1 aromatic carbocycles. The summed E-state index contributed by atoms with van der Waals surface area (Å²) >= 11 is 0. The van der Waals surface area contributed by atoms with E-state index in [0.717, 1.165) is 7.05 Å². The lowest BCUT2D eigenvalue weighted by molar-refractivity contribution is -0.170. The maximum Gasteiger partial charge on any atom is 0.471 e. The summed E-state index contributed by atoms with van der Waals surface area (Å²) in [5, 5.41) is 0. The van der Waals surface area contributed by atoms with Gasteiger partial charge in [0.15, 0.2) is 0 Å². The van der Waals surface area contributed by atoms with Gasteiger partial charge in [0.05, 0.1) is 24.6 Å². The van der Waals surface area contributed by atoms with E-state index in [9.17, 15) is 18.0 Å². The first kappa shape index (κ1) is 14.6. The molecule has 0 saturated carbocycles. The summed E-state index contributed by atoms with van der Waals surface area (Å²) in [6.45, 7) is 2.21. The Bertz CT molecular complexity index is 485. The molecule has 1 aliphatic heterocycles. The van der Waals surface area contributed by atoms with Gasteiger partial charge < -0.3 is 14.5 Å². The van der Waals surface area contributed by atoms with Gasteiger partial charge in [-0.2, -0.15) is 13.2 Å². The molecule has 110 valence electrons. The third-order valence-corrected chi connectivity index (χ3v) is 3.14. The van der Waals surface area contributed by atoms with E-state index in [1.54, 1.807) is 18.2 Å². The number of halogens is 3. The number of rotatable bonds is 2. The Kier molecular flexibility index (Phi) is 4.17. The van der Waals surface area contributed by atoms with Crippen molar-refractivity contribution in [3.63, 3.8) is 0 Å². The zero-order chi connectivity index (χ0) is 14.8. The highest BCUT2D eigenvalue weighted by Crippen LogP contribution is 2.31. The molecular weight excluding hydrogens is 273 g/mol. The number of alkyl halides is 3. The molecule has 1 aliphatic rings. The first-order chi connectivity index (χ1) is 9.41. The second-order valence-corrected chi connectivity index (χ2v) is 4.45. The minimum absolute atomic E-state index is 0.247. The van der Waals surface area contributed by atoms with Crippen LogP contribution < -0.4 is 9.80 Å². The summed E-state index contributed by atoms with van der Waals surface area (Å²) in [6, 6.07) is 6.56. The zero-order valence-electron chi connectivity index (χ0n) is 11.0. The fourth-order valence-electron chi connectivity index (χ4n) is 2.12. The van der Waals surface area contributed by atoms with E-state index >= 15 is 0 Å². The number of benzene rings is 1. The van der Waals surface area contributed by atoms with Crippen LogP contribution in [0.15, 0.2) is 24.3 Å². The standard InChI is InChI=1S/C13H15F3N2O2/c1-17(12(19)13(14,15)16)10-4-2-3-5-11(10)18-6-8-20-9-7-18/h2-5H,6-9H2,1H3.